The molecular formula is C21H20ClN3O4. The van der Waals surface area contributed by atoms with E-state index in [1.54, 1.807) is 62.4 Å². The van der Waals surface area contributed by atoms with Gasteiger partial charge >= 0.3 is 5.97 Å². The third-order valence-corrected chi connectivity index (χ3v) is 4.32. The number of halogens is 1. The van der Waals surface area contributed by atoms with Gasteiger partial charge in [0.15, 0.2) is 6.61 Å². The molecule has 0 unspecified atom stereocenters. The molecule has 0 aliphatic carbocycles. The molecule has 150 valence electrons. The van der Waals surface area contributed by atoms with Crippen molar-refractivity contribution in [1.82, 2.24) is 5.32 Å². The minimum atomic E-state index is -0.960. The number of anilines is 1. The number of rotatable bonds is 7. The summed E-state index contributed by atoms with van der Waals surface area (Å²) >= 11 is 6.01. The van der Waals surface area contributed by atoms with Gasteiger partial charge in [-0.15, -0.1) is 0 Å². The highest BCUT2D eigenvalue weighted by Gasteiger charge is 2.27. The first kappa shape index (κ1) is 21.9. The number of benzene rings is 2. The largest absolute Gasteiger partial charge is 0.454 e. The Labute approximate surface area is 173 Å². The van der Waals surface area contributed by atoms with E-state index in [9.17, 15) is 14.4 Å². The number of esters is 1. The highest BCUT2D eigenvalue weighted by atomic mass is 35.5. The van der Waals surface area contributed by atoms with Crippen LogP contribution in [0.4, 0.5) is 5.69 Å². The Morgan fingerprint density at radius 1 is 1.10 bits per heavy atom. The van der Waals surface area contributed by atoms with Crippen LogP contribution in [0.3, 0.4) is 0 Å². The standard InChI is InChI=1S/C21H20ClN3O4/c1-13(2)19(25-20(27)15-8-4-5-9-16(15)22)21(28)29-12-18(26)24-17-10-6-3-7-14(17)11-23/h3-10,13,19H,12H2,1-2H3,(H,24,26)(H,25,27)/t19-/m0/s1. The monoisotopic (exact) mass is 413 g/mol. The summed E-state index contributed by atoms with van der Waals surface area (Å²) in [6.45, 7) is 2.92. The van der Waals surface area contributed by atoms with E-state index < -0.39 is 30.4 Å². The van der Waals surface area contributed by atoms with E-state index in [1.807, 2.05) is 6.07 Å². The number of hydrogen-bond donors (Lipinski definition) is 2. The molecule has 0 heterocycles. The van der Waals surface area contributed by atoms with Crippen molar-refractivity contribution in [3.05, 3.63) is 64.7 Å². The fourth-order valence-electron chi connectivity index (χ4n) is 2.46. The second kappa shape index (κ2) is 10.2. The molecule has 7 nitrogen and oxygen atoms in total. The van der Waals surface area contributed by atoms with Crippen LogP contribution in [-0.4, -0.2) is 30.4 Å². The number of para-hydroxylation sites is 1. The average molecular weight is 414 g/mol. The molecule has 0 fully saturated rings. The number of amides is 2. The summed E-state index contributed by atoms with van der Waals surface area (Å²) < 4.78 is 5.06. The van der Waals surface area contributed by atoms with Crippen LogP contribution in [-0.2, 0) is 14.3 Å². The van der Waals surface area contributed by atoms with Gasteiger partial charge in [0.05, 0.1) is 21.8 Å². The van der Waals surface area contributed by atoms with Crippen molar-refractivity contribution in [2.24, 2.45) is 5.92 Å². The summed E-state index contributed by atoms with van der Waals surface area (Å²) in [6, 6.07) is 13.9. The SMILES string of the molecule is CC(C)[C@H](NC(=O)c1ccccc1Cl)C(=O)OCC(=O)Nc1ccccc1C#N. The first-order valence-electron chi connectivity index (χ1n) is 8.84. The van der Waals surface area contributed by atoms with E-state index in [1.165, 1.54) is 0 Å². The van der Waals surface area contributed by atoms with Crippen LogP contribution in [0.2, 0.25) is 5.02 Å². The first-order chi connectivity index (χ1) is 13.8. The van der Waals surface area contributed by atoms with E-state index in [2.05, 4.69) is 10.6 Å². The second-order valence-corrected chi connectivity index (χ2v) is 6.90. The van der Waals surface area contributed by atoms with Crippen LogP contribution in [0.15, 0.2) is 48.5 Å². The summed E-state index contributed by atoms with van der Waals surface area (Å²) in [6.07, 6.45) is 0. The zero-order chi connectivity index (χ0) is 21.4. The molecule has 2 amide bonds. The van der Waals surface area contributed by atoms with Gasteiger partial charge in [0.1, 0.15) is 12.1 Å². The van der Waals surface area contributed by atoms with E-state index >= 15 is 0 Å². The minimum Gasteiger partial charge on any atom is -0.454 e. The fourth-order valence-corrected chi connectivity index (χ4v) is 2.69. The van der Waals surface area contributed by atoms with Gasteiger partial charge in [-0.25, -0.2) is 4.79 Å². The summed E-state index contributed by atoms with van der Waals surface area (Å²) in [7, 11) is 0. The van der Waals surface area contributed by atoms with Crippen LogP contribution < -0.4 is 10.6 Å². The fraction of sp³-hybridized carbons (Fsp3) is 0.238. The average Bonchev–Trinajstić information content (AvgIpc) is 2.70. The Morgan fingerprint density at radius 3 is 2.41 bits per heavy atom. The smallest absolute Gasteiger partial charge is 0.329 e. The molecule has 0 radical (unpaired) electrons. The van der Waals surface area contributed by atoms with Crippen LogP contribution in [0, 0.1) is 17.2 Å². The highest BCUT2D eigenvalue weighted by molar-refractivity contribution is 6.33. The van der Waals surface area contributed by atoms with Crippen LogP contribution >= 0.6 is 11.6 Å². The second-order valence-electron chi connectivity index (χ2n) is 6.49. The molecule has 0 spiro atoms. The summed E-state index contributed by atoms with van der Waals surface area (Å²) in [5, 5.41) is 14.4. The maximum Gasteiger partial charge on any atom is 0.329 e. The maximum atomic E-state index is 12.4. The van der Waals surface area contributed by atoms with E-state index in [-0.39, 0.29) is 16.5 Å². The van der Waals surface area contributed by atoms with Gasteiger partial charge in [-0.3, -0.25) is 9.59 Å². The third kappa shape index (κ3) is 6.06. The molecule has 8 heteroatoms. The number of nitriles is 1. The molecular weight excluding hydrogens is 394 g/mol. The van der Waals surface area contributed by atoms with Gasteiger partial charge in [-0.1, -0.05) is 49.7 Å². The Bertz CT molecular complexity index is 953. The van der Waals surface area contributed by atoms with E-state index in [0.717, 1.165) is 0 Å². The molecule has 1 atom stereocenters. The maximum absolute atomic E-state index is 12.4. The van der Waals surface area contributed by atoms with Crippen molar-refractivity contribution < 1.29 is 19.1 Å². The number of ether oxygens (including phenoxy) is 1. The van der Waals surface area contributed by atoms with Gasteiger partial charge in [-0.2, -0.15) is 5.26 Å². The topological polar surface area (TPSA) is 108 Å². The van der Waals surface area contributed by atoms with Gasteiger partial charge in [0.2, 0.25) is 0 Å². The molecule has 2 aromatic carbocycles. The first-order valence-corrected chi connectivity index (χ1v) is 9.22. The summed E-state index contributed by atoms with van der Waals surface area (Å²) in [4.78, 5) is 36.9. The summed E-state index contributed by atoms with van der Waals surface area (Å²) in [5.74, 6) is -2.14. The Kier molecular flexibility index (Phi) is 7.75. The lowest BCUT2D eigenvalue weighted by atomic mass is 10.0. The van der Waals surface area contributed by atoms with Crippen molar-refractivity contribution in [2.45, 2.75) is 19.9 Å². The van der Waals surface area contributed by atoms with Gasteiger partial charge in [0, 0.05) is 0 Å². The lowest BCUT2D eigenvalue weighted by Gasteiger charge is -2.21. The van der Waals surface area contributed by atoms with Gasteiger partial charge in [0.25, 0.3) is 11.8 Å². The predicted octanol–water partition coefficient (Wildman–Crippen LogP) is 3.15. The van der Waals surface area contributed by atoms with Crippen LogP contribution in [0.5, 0.6) is 0 Å². The number of nitrogens with one attached hydrogen (secondary N) is 2. The third-order valence-electron chi connectivity index (χ3n) is 3.99. The number of carbonyl (C=O) groups excluding carboxylic acids is 3. The molecule has 0 bridgehead atoms. The quantitative estimate of drug-likeness (QED) is 0.678. The normalized spacial score (nSPS) is 11.3. The van der Waals surface area contributed by atoms with Crippen molar-refractivity contribution in [3.8, 4) is 6.07 Å². The number of hydrogen-bond acceptors (Lipinski definition) is 5. The molecule has 0 aliphatic rings. The molecule has 2 rings (SSSR count). The Balaban J connectivity index is 1.97. The van der Waals surface area contributed by atoms with Gasteiger partial charge in [-0.05, 0) is 30.2 Å². The molecule has 29 heavy (non-hydrogen) atoms. The van der Waals surface area contributed by atoms with E-state index in [0.29, 0.717) is 11.3 Å². The van der Waals surface area contributed by atoms with Crippen LogP contribution in [0.1, 0.15) is 29.8 Å². The lowest BCUT2D eigenvalue weighted by molar-refractivity contribution is -0.150. The van der Waals surface area contributed by atoms with Gasteiger partial charge < -0.3 is 15.4 Å². The highest BCUT2D eigenvalue weighted by Crippen LogP contribution is 2.16. The molecule has 2 aromatic rings. The van der Waals surface area contributed by atoms with Crippen molar-refractivity contribution >= 4 is 35.1 Å². The van der Waals surface area contributed by atoms with Crippen molar-refractivity contribution in [1.29, 1.82) is 5.26 Å². The van der Waals surface area contributed by atoms with E-state index in [4.69, 9.17) is 21.6 Å². The lowest BCUT2D eigenvalue weighted by Crippen LogP contribution is -2.46. The van der Waals surface area contributed by atoms with Crippen LogP contribution in [0.25, 0.3) is 0 Å². The zero-order valence-electron chi connectivity index (χ0n) is 15.9. The Hall–Kier alpha value is -3.37. The van der Waals surface area contributed by atoms with Crippen molar-refractivity contribution in [2.75, 3.05) is 11.9 Å². The molecule has 0 aliphatic heterocycles. The zero-order valence-corrected chi connectivity index (χ0v) is 16.7. The molecule has 0 saturated heterocycles. The molecule has 0 aromatic heterocycles. The Morgan fingerprint density at radius 2 is 1.76 bits per heavy atom. The van der Waals surface area contributed by atoms with Crippen molar-refractivity contribution in [3.63, 3.8) is 0 Å². The number of carbonyl (C=O) groups is 3. The minimum absolute atomic E-state index is 0.235. The predicted molar refractivity (Wildman–Crippen MR) is 108 cm³/mol. The summed E-state index contributed by atoms with van der Waals surface area (Å²) in [5.41, 5.74) is 0.848. The molecule has 2 N–H and O–H groups in total. The molecule has 0 saturated carbocycles. The number of nitrogens with zero attached hydrogens (tertiary/aromatic N) is 1.